The Morgan fingerprint density at radius 1 is 0.467 bits per heavy atom. The molecule has 432 valence electrons. The van der Waals surface area contributed by atoms with Crippen LogP contribution in [0.2, 0.25) is 0 Å². The molecule has 0 aromatic heterocycles. The highest BCUT2D eigenvalue weighted by Crippen LogP contribution is 2.43. The van der Waals surface area contributed by atoms with Gasteiger partial charge in [-0.1, -0.05) is 264 Å². The van der Waals surface area contributed by atoms with Crippen LogP contribution in [-0.2, 0) is 18.4 Å². The molecule has 3 N–H and O–H groups in total. The number of unbranched alkanes of at least 4 members (excludes halogenated alkanes) is 26. The first-order chi connectivity index (χ1) is 36.5. The van der Waals surface area contributed by atoms with Crippen LogP contribution in [0.5, 0.6) is 0 Å². The molecule has 0 aliphatic carbocycles. The molecular weight excluding hydrogens is 948 g/mol. The molecule has 0 bridgehead atoms. The number of carbonyl (C=O) groups is 1. The van der Waals surface area contributed by atoms with E-state index in [4.69, 9.17) is 9.05 Å². The van der Waals surface area contributed by atoms with Crippen LogP contribution in [0.15, 0.2) is 109 Å². The molecule has 1 amide bonds. The molecule has 9 heteroatoms. The summed E-state index contributed by atoms with van der Waals surface area (Å²) >= 11 is 0. The van der Waals surface area contributed by atoms with Crippen molar-refractivity contribution in [3.8, 4) is 0 Å². The SMILES string of the molecule is CC/C=C\C/C=C\C/C=C\C/C=C\C/C=C\C/C=C\C/C=C\CCCCCCCCCCCCCCCCCCCCCC(=O)NC(COP(=O)(O)OCC[N+](C)(C)C)C(O)/C=C/CC/C=C/CCCCCCCC. The van der Waals surface area contributed by atoms with Gasteiger partial charge in [0.15, 0.2) is 0 Å². The summed E-state index contributed by atoms with van der Waals surface area (Å²) in [6.07, 6.45) is 82.3. The summed E-state index contributed by atoms with van der Waals surface area (Å²) in [5.41, 5.74) is 0. The van der Waals surface area contributed by atoms with Crippen molar-refractivity contribution in [3.63, 3.8) is 0 Å². The fraction of sp³-hybridized carbons (Fsp3) is 0.712. The van der Waals surface area contributed by atoms with Gasteiger partial charge in [-0.2, -0.15) is 0 Å². The highest BCUT2D eigenvalue weighted by atomic mass is 31.2. The zero-order valence-electron chi connectivity index (χ0n) is 49.3. The van der Waals surface area contributed by atoms with E-state index in [1.807, 2.05) is 27.2 Å². The lowest BCUT2D eigenvalue weighted by Crippen LogP contribution is -2.45. The minimum atomic E-state index is -4.35. The van der Waals surface area contributed by atoms with Gasteiger partial charge in [0.2, 0.25) is 5.91 Å². The topological polar surface area (TPSA) is 105 Å². The molecule has 8 nitrogen and oxygen atoms in total. The maximum atomic E-state index is 13.0. The van der Waals surface area contributed by atoms with Crippen molar-refractivity contribution in [2.45, 2.75) is 264 Å². The summed E-state index contributed by atoms with van der Waals surface area (Å²) in [5, 5.41) is 13.9. The van der Waals surface area contributed by atoms with E-state index in [-0.39, 0.29) is 19.1 Å². The van der Waals surface area contributed by atoms with Crippen LogP contribution in [-0.4, -0.2) is 73.4 Å². The molecule has 0 aromatic rings. The predicted molar refractivity (Wildman–Crippen MR) is 327 cm³/mol. The number of hydrogen-bond donors (Lipinski definition) is 3. The molecule has 0 saturated heterocycles. The zero-order valence-corrected chi connectivity index (χ0v) is 50.1. The van der Waals surface area contributed by atoms with Gasteiger partial charge >= 0.3 is 7.82 Å². The highest BCUT2D eigenvalue weighted by molar-refractivity contribution is 7.47. The van der Waals surface area contributed by atoms with Crippen LogP contribution in [0.4, 0.5) is 0 Å². The molecule has 75 heavy (non-hydrogen) atoms. The molecule has 0 aromatic carbocycles. The van der Waals surface area contributed by atoms with Gasteiger partial charge in [0, 0.05) is 6.42 Å². The van der Waals surface area contributed by atoms with Crippen molar-refractivity contribution >= 4 is 13.7 Å². The van der Waals surface area contributed by atoms with Crippen LogP contribution < -0.4 is 5.32 Å². The Morgan fingerprint density at radius 3 is 1.23 bits per heavy atom. The van der Waals surface area contributed by atoms with E-state index in [1.165, 1.54) is 148 Å². The molecule has 0 aliphatic rings. The summed E-state index contributed by atoms with van der Waals surface area (Å²) in [5.74, 6) is -0.189. The van der Waals surface area contributed by atoms with Gasteiger partial charge in [-0.15, -0.1) is 0 Å². The average Bonchev–Trinajstić information content (AvgIpc) is 3.37. The maximum Gasteiger partial charge on any atom is 0.472 e. The van der Waals surface area contributed by atoms with Gasteiger partial charge in [-0.3, -0.25) is 13.8 Å². The number of nitrogens with one attached hydrogen (secondary N) is 1. The Bertz CT molecular complexity index is 1590. The second kappa shape index (κ2) is 55.9. The molecule has 0 radical (unpaired) electrons. The van der Waals surface area contributed by atoms with Crippen molar-refractivity contribution in [3.05, 3.63) is 109 Å². The molecule has 3 unspecified atom stereocenters. The number of allylic oxidation sites excluding steroid dienone is 17. The number of aliphatic hydroxyl groups excluding tert-OH is 1. The lowest BCUT2D eigenvalue weighted by atomic mass is 10.0. The van der Waals surface area contributed by atoms with Gasteiger partial charge in [0.05, 0.1) is 39.9 Å². The van der Waals surface area contributed by atoms with Crippen LogP contribution in [0.3, 0.4) is 0 Å². The van der Waals surface area contributed by atoms with Crippen molar-refractivity contribution in [1.82, 2.24) is 5.32 Å². The minimum absolute atomic E-state index is 0.0537. The summed E-state index contributed by atoms with van der Waals surface area (Å²) in [6.45, 7) is 4.66. The van der Waals surface area contributed by atoms with Crippen molar-refractivity contribution in [2.24, 2.45) is 0 Å². The van der Waals surface area contributed by atoms with E-state index in [1.54, 1.807) is 6.08 Å². The van der Waals surface area contributed by atoms with Crippen LogP contribution in [0.1, 0.15) is 251 Å². The summed E-state index contributed by atoms with van der Waals surface area (Å²) in [7, 11) is 1.55. The Balaban J connectivity index is 3.94. The number of aliphatic hydroxyl groups is 1. The molecule has 0 rings (SSSR count). The monoisotopic (exact) mass is 1070 g/mol. The number of rotatable bonds is 55. The fourth-order valence-corrected chi connectivity index (χ4v) is 9.19. The van der Waals surface area contributed by atoms with E-state index < -0.39 is 20.0 Å². The van der Waals surface area contributed by atoms with E-state index in [0.717, 1.165) is 83.5 Å². The summed E-state index contributed by atoms with van der Waals surface area (Å²) < 4.78 is 23.6. The molecule has 0 fully saturated rings. The lowest BCUT2D eigenvalue weighted by Gasteiger charge is -2.25. The van der Waals surface area contributed by atoms with Crippen molar-refractivity contribution in [1.29, 1.82) is 0 Å². The highest BCUT2D eigenvalue weighted by Gasteiger charge is 2.27. The predicted octanol–water partition coefficient (Wildman–Crippen LogP) is 19.2. The normalized spacial score (nSPS) is 14.6. The Kier molecular flexibility index (Phi) is 53.8. The minimum Gasteiger partial charge on any atom is -0.387 e. The number of carbonyl (C=O) groups excluding carboxylic acids is 1. The number of likely N-dealkylation sites (N-methyl/N-ethyl adjacent to an activating group) is 1. The second-order valence-electron chi connectivity index (χ2n) is 21.7. The third-order valence-electron chi connectivity index (χ3n) is 13.2. The number of phosphoric acid groups is 1. The summed E-state index contributed by atoms with van der Waals surface area (Å²) in [4.78, 5) is 23.2. The van der Waals surface area contributed by atoms with Gasteiger partial charge in [0.1, 0.15) is 13.2 Å². The van der Waals surface area contributed by atoms with E-state index >= 15 is 0 Å². The zero-order chi connectivity index (χ0) is 54.9. The standard InChI is InChI=1S/C66H117N2O6P/c1-6-8-10-12-14-16-18-20-21-22-23-24-25-26-27-28-29-30-31-32-33-34-35-36-37-38-39-40-41-42-43-44-45-46-47-48-50-52-54-56-58-60-66(70)67-64(63-74-75(71,72)73-62-61-68(3,4)5)65(69)59-57-55-53-51-49-19-17-15-13-11-9-7-2/h8,10,14,16,20-21,23-24,26-27,29-30,32-33,49,51,57,59,64-65,69H,6-7,9,11-13,15,17-19,22,25,28,31,34-48,50,52-56,58,60-63H2,1-5H3,(H-,67,70,71,72)/p+1/b10-8-,16-14-,21-20-,24-23-,27-26-,30-29-,33-32-,51-49+,59-57+. The van der Waals surface area contributed by atoms with Gasteiger partial charge in [-0.05, 0) is 89.9 Å². The van der Waals surface area contributed by atoms with Crippen LogP contribution >= 0.6 is 7.82 Å². The van der Waals surface area contributed by atoms with Crippen LogP contribution in [0, 0.1) is 0 Å². The average molecular weight is 1070 g/mol. The molecule has 3 atom stereocenters. The maximum absolute atomic E-state index is 13.0. The second-order valence-corrected chi connectivity index (χ2v) is 23.1. The Hall–Kier alpha value is -2.84. The molecule has 0 spiro atoms. The first-order valence-electron chi connectivity index (χ1n) is 30.8. The molecule has 0 heterocycles. The first-order valence-corrected chi connectivity index (χ1v) is 32.3. The number of nitrogens with zero attached hydrogens (tertiary/aromatic N) is 1. The third kappa shape index (κ3) is 58.7. The Labute approximate surface area is 463 Å². The summed E-state index contributed by atoms with van der Waals surface area (Å²) in [6, 6.07) is -0.866. The molecular formula is C66H118N2O6P+. The van der Waals surface area contributed by atoms with E-state index in [2.05, 4.69) is 116 Å². The van der Waals surface area contributed by atoms with E-state index in [9.17, 15) is 19.4 Å². The Morgan fingerprint density at radius 2 is 0.813 bits per heavy atom. The molecule has 0 aliphatic heterocycles. The smallest absolute Gasteiger partial charge is 0.387 e. The van der Waals surface area contributed by atoms with Crippen LogP contribution in [0.25, 0.3) is 0 Å². The van der Waals surface area contributed by atoms with E-state index in [0.29, 0.717) is 17.4 Å². The first kappa shape index (κ1) is 72.2. The lowest BCUT2D eigenvalue weighted by molar-refractivity contribution is -0.870. The van der Waals surface area contributed by atoms with Gasteiger partial charge < -0.3 is 19.8 Å². The number of quaternary nitrogens is 1. The van der Waals surface area contributed by atoms with Crippen molar-refractivity contribution < 1.29 is 32.9 Å². The number of amides is 1. The third-order valence-corrected chi connectivity index (χ3v) is 14.2. The largest absolute Gasteiger partial charge is 0.472 e. The quantitative estimate of drug-likeness (QED) is 0.0243. The van der Waals surface area contributed by atoms with Gasteiger partial charge in [0.25, 0.3) is 0 Å². The number of hydrogen-bond acceptors (Lipinski definition) is 5. The fourth-order valence-electron chi connectivity index (χ4n) is 8.45. The van der Waals surface area contributed by atoms with Gasteiger partial charge in [-0.25, -0.2) is 4.57 Å². The molecule has 0 saturated carbocycles. The number of phosphoric ester groups is 1. The van der Waals surface area contributed by atoms with Crippen molar-refractivity contribution in [2.75, 3.05) is 40.9 Å².